The molecule has 7 heteroatoms. The number of nitrogens with two attached hydrogens (primary N) is 1. The van der Waals surface area contributed by atoms with Crippen LogP contribution in [0.1, 0.15) is 5.56 Å². The molecule has 0 saturated carbocycles. The molecule has 0 aliphatic rings. The largest absolute Gasteiger partial charge is 0.456 e. The van der Waals surface area contributed by atoms with Gasteiger partial charge in [0.25, 0.3) is 5.69 Å². The number of nitrogens with one attached hydrogen (secondary N) is 1. The molecule has 20 heavy (non-hydrogen) atoms. The summed E-state index contributed by atoms with van der Waals surface area (Å²) in [7, 11) is 0. The third-order valence-corrected chi connectivity index (χ3v) is 2.52. The zero-order valence-corrected chi connectivity index (χ0v) is 10.2. The molecule has 6 nitrogen and oxygen atoms in total. The van der Waals surface area contributed by atoms with E-state index in [-0.39, 0.29) is 22.7 Å². The maximum atomic E-state index is 13.6. The maximum Gasteiger partial charge on any atom is 0.269 e. The number of benzene rings is 2. The Morgan fingerprint density at radius 2 is 1.90 bits per heavy atom. The fraction of sp³-hybridized carbons (Fsp3) is 0. The second-order valence-electron chi connectivity index (χ2n) is 3.88. The fourth-order valence-electron chi connectivity index (χ4n) is 1.61. The molecule has 2 aromatic rings. The number of amidine groups is 1. The highest BCUT2D eigenvalue weighted by atomic mass is 19.1. The van der Waals surface area contributed by atoms with Gasteiger partial charge in [-0.1, -0.05) is 6.07 Å². The molecule has 0 aliphatic heterocycles. The number of hydrogen-bond acceptors (Lipinski definition) is 4. The predicted molar refractivity (Wildman–Crippen MR) is 70.6 cm³/mol. The van der Waals surface area contributed by atoms with Gasteiger partial charge in [-0.3, -0.25) is 15.5 Å². The smallest absolute Gasteiger partial charge is 0.269 e. The van der Waals surface area contributed by atoms with Gasteiger partial charge in [-0.05, 0) is 24.3 Å². The Balaban J connectivity index is 2.33. The summed E-state index contributed by atoms with van der Waals surface area (Å²) in [5.74, 6) is -0.771. The first kappa shape index (κ1) is 13.5. The van der Waals surface area contributed by atoms with Crippen molar-refractivity contribution in [2.45, 2.75) is 0 Å². The van der Waals surface area contributed by atoms with Crippen molar-refractivity contribution in [1.29, 1.82) is 5.41 Å². The van der Waals surface area contributed by atoms with Crippen LogP contribution >= 0.6 is 0 Å². The molecule has 0 fully saturated rings. The summed E-state index contributed by atoms with van der Waals surface area (Å²) in [6, 6.07) is 9.34. The van der Waals surface area contributed by atoms with Gasteiger partial charge in [-0.15, -0.1) is 0 Å². The lowest BCUT2D eigenvalue weighted by molar-refractivity contribution is -0.384. The number of nitrogens with zero attached hydrogens (tertiary/aromatic N) is 1. The fourth-order valence-corrected chi connectivity index (χ4v) is 1.61. The van der Waals surface area contributed by atoms with Gasteiger partial charge in [-0.25, -0.2) is 4.39 Å². The summed E-state index contributed by atoms with van der Waals surface area (Å²) in [6.45, 7) is 0. The molecule has 102 valence electrons. The Kier molecular flexibility index (Phi) is 3.60. The molecule has 0 amide bonds. The van der Waals surface area contributed by atoms with E-state index in [2.05, 4.69) is 0 Å². The molecule has 0 spiro atoms. The number of hydrogen-bond donors (Lipinski definition) is 2. The van der Waals surface area contributed by atoms with E-state index >= 15 is 0 Å². The molecule has 0 aliphatic carbocycles. The predicted octanol–water partition coefficient (Wildman–Crippen LogP) is 2.81. The van der Waals surface area contributed by atoms with Crippen molar-refractivity contribution in [2.75, 3.05) is 0 Å². The molecule has 0 saturated heterocycles. The minimum absolute atomic E-state index is 0.0753. The van der Waals surface area contributed by atoms with E-state index in [4.69, 9.17) is 15.9 Å². The third-order valence-electron chi connectivity index (χ3n) is 2.52. The number of halogens is 1. The monoisotopic (exact) mass is 275 g/mol. The van der Waals surface area contributed by atoms with Crippen molar-refractivity contribution in [3.8, 4) is 11.5 Å². The standard InChI is InChI=1S/C13H10FN3O3/c14-10-2-1-3-11(12(10)13(15)16)20-9-6-4-8(5-7-9)17(18)19/h1-7H,(H3,15,16). The Morgan fingerprint density at radius 1 is 1.25 bits per heavy atom. The first-order valence-electron chi connectivity index (χ1n) is 5.54. The van der Waals surface area contributed by atoms with E-state index in [1.54, 1.807) is 0 Å². The number of nitrogen functional groups attached to an aromatic ring is 1. The van der Waals surface area contributed by atoms with Gasteiger partial charge in [0.05, 0.1) is 10.5 Å². The average molecular weight is 275 g/mol. The van der Waals surface area contributed by atoms with Crippen molar-refractivity contribution < 1.29 is 14.1 Å². The molecule has 2 rings (SSSR count). The van der Waals surface area contributed by atoms with Crippen LogP contribution in [0.25, 0.3) is 0 Å². The molecule has 3 N–H and O–H groups in total. The highest BCUT2D eigenvalue weighted by Gasteiger charge is 2.13. The Labute approximate surface area is 113 Å². The lowest BCUT2D eigenvalue weighted by atomic mass is 10.1. The van der Waals surface area contributed by atoms with E-state index in [0.29, 0.717) is 0 Å². The summed E-state index contributed by atoms with van der Waals surface area (Å²) in [5.41, 5.74) is 5.08. The summed E-state index contributed by atoms with van der Waals surface area (Å²) in [6.07, 6.45) is 0. The van der Waals surface area contributed by atoms with Gasteiger partial charge >= 0.3 is 0 Å². The van der Waals surface area contributed by atoms with Crippen LogP contribution < -0.4 is 10.5 Å². The van der Waals surface area contributed by atoms with Crippen LogP contribution in [0, 0.1) is 21.3 Å². The number of ether oxygens (including phenoxy) is 1. The number of nitro groups is 1. The van der Waals surface area contributed by atoms with Gasteiger partial charge in [-0.2, -0.15) is 0 Å². The van der Waals surface area contributed by atoms with Crippen molar-refractivity contribution in [3.63, 3.8) is 0 Å². The van der Waals surface area contributed by atoms with Crippen LogP contribution in [0.3, 0.4) is 0 Å². The van der Waals surface area contributed by atoms with E-state index in [1.165, 1.54) is 42.5 Å². The van der Waals surface area contributed by atoms with Crippen LogP contribution in [0.4, 0.5) is 10.1 Å². The van der Waals surface area contributed by atoms with Crippen LogP contribution in [-0.4, -0.2) is 10.8 Å². The molecule has 0 radical (unpaired) electrons. The Bertz CT molecular complexity index is 671. The van der Waals surface area contributed by atoms with Crippen LogP contribution in [0.15, 0.2) is 42.5 Å². The summed E-state index contributed by atoms with van der Waals surface area (Å²) >= 11 is 0. The molecule has 0 heterocycles. The van der Waals surface area contributed by atoms with Crippen molar-refractivity contribution >= 4 is 11.5 Å². The highest BCUT2D eigenvalue weighted by Crippen LogP contribution is 2.28. The first-order chi connectivity index (χ1) is 9.49. The van der Waals surface area contributed by atoms with Crippen molar-refractivity contribution in [3.05, 3.63) is 64.0 Å². The molecule has 0 bridgehead atoms. The van der Waals surface area contributed by atoms with Crippen LogP contribution in [0.2, 0.25) is 0 Å². The highest BCUT2D eigenvalue weighted by molar-refractivity contribution is 5.98. The van der Waals surface area contributed by atoms with Gasteiger partial charge in [0.2, 0.25) is 0 Å². The van der Waals surface area contributed by atoms with Gasteiger partial charge in [0, 0.05) is 12.1 Å². The van der Waals surface area contributed by atoms with E-state index < -0.39 is 16.6 Å². The molecule has 0 atom stereocenters. The zero-order valence-electron chi connectivity index (χ0n) is 10.2. The average Bonchev–Trinajstić information content (AvgIpc) is 2.39. The lowest BCUT2D eigenvalue weighted by Gasteiger charge is -2.10. The summed E-state index contributed by atoms with van der Waals surface area (Å²) in [5, 5.41) is 17.9. The second kappa shape index (κ2) is 5.35. The van der Waals surface area contributed by atoms with Crippen LogP contribution in [-0.2, 0) is 0 Å². The van der Waals surface area contributed by atoms with Crippen molar-refractivity contribution in [1.82, 2.24) is 0 Å². The van der Waals surface area contributed by atoms with Crippen LogP contribution in [0.5, 0.6) is 11.5 Å². The van der Waals surface area contributed by atoms with E-state index in [9.17, 15) is 14.5 Å². The summed E-state index contributed by atoms with van der Waals surface area (Å²) < 4.78 is 19.0. The van der Waals surface area contributed by atoms with E-state index in [0.717, 1.165) is 0 Å². The molecular formula is C13H10FN3O3. The molecule has 2 aromatic carbocycles. The normalized spacial score (nSPS) is 10.1. The topological polar surface area (TPSA) is 102 Å². The molecular weight excluding hydrogens is 265 g/mol. The molecule has 0 aromatic heterocycles. The lowest BCUT2D eigenvalue weighted by Crippen LogP contribution is -2.14. The molecule has 0 unspecified atom stereocenters. The number of nitro benzene ring substituents is 1. The minimum atomic E-state index is -0.670. The first-order valence-corrected chi connectivity index (χ1v) is 5.54. The minimum Gasteiger partial charge on any atom is -0.456 e. The summed E-state index contributed by atoms with van der Waals surface area (Å²) in [4.78, 5) is 9.99. The SMILES string of the molecule is N=C(N)c1c(F)cccc1Oc1ccc([N+](=O)[O-])cc1. The van der Waals surface area contributed by atoms with Gasteiger partial charge in [0.15, 0.2) is 0 Å². The maximum absolute atomic E-state index is 13.6. The van der Waals surface area contributed by atoms with Crippen molar-refractivity contribution in [2.24, 2.45) is 5.73 Å². The van der Waals surface area contributed by atoms with E-state index in [1.807, 2.05) is 0 Å². The Hall–Kier alpha value is -2.96. The second-order valence-corrected chi connectivity index (χ2v) is 3.88. The zero-order chi connectivity index (χ0) is 14.7. The Morgan fingerprint density at radius 3 is 2.45 bits per heavy atom. The number of non-ortho nitro benzene ring substituents is 1. The number of rotatable bonds is 4. The third kappa shape index (κ3) is 2.72. The quantitative estimate of drug-likeness (QED) is 0.387. The van der Waals surface area contributed by atoms with Gasteiger partial charge in [0.1, 0.15) is 23.2 Å². The van der Waals surface area contributed by atoms with Gasteiger partial charge < -0.3 is 10.5 Å².